The summed E-state index contributed by atoms with van der Waals surface area (Å²) in [6.45, 7) is 0. The number of benzene rings is 1. The third kappa shape index (κ3) is 2.94. The molecule has 2 aromatic rings. The van der Waals surface area contributed by atoms with Crippen LogP contribution in [0.25, 0.3) is 0 Å². The fourth-order valence-electron chi connectivity index (χ4n) is 1.34. The van der Waals surface area contributed by atoms with Crippen molar-refractivity contribution in [3.63, 3.8) is 0 Å². The lowest BCUT2D eigenvalue weighted by Crippen LogP contribution is -2.02. The number of hydrogen-bond donors (Lipinski definition) is 0. The lowest BCUT2D eigenvalue weighted by molar-refractivity contribution is 0.103. The van der Waals surface area contributed by atoms with Gasteiger partial charge >= 0.3 is 0 Å². The van der Waals surface area contributed by atoms with Crippen molar-refractivity contribution >= 4 is 49.2 Å². The SMILES string of the molecule is O=C(c1ccc(Br)nc1)c1cc(Br)ccc1Cl. The van der Waals surface area contributed by atoms with Gasteiger partial charge in [-0.25, -0.2) is 4.98 Å². The Labute approximate surface area is 120 Å². The van der Waals surface area contributed by atoms with E-state index in [2.05, 4.69) is 36.8 Å². The van der Waals surface area contributed by atoms with E-state index in [-0.39, 0.29) is 5.78 Å². The first-order valence-corrected chi connectivity index (χ1v) is 6.65. The molecule has 0 fully saturated rings. The van der Waals surface area contributed by atoms with Gasteiger partial charge in [-0.1, -0.05) is 27.5 Å². The molecule has 0 amide bonds. The second-order valence-corrected chi connectivity index (χ2v) is 5.46. The van der Waals surface area contributed by atoms with Gasteiger partial charge in [0, 0.05) is 21.8 Å². The van der Waals surface area contributed by atoms with E-state index in [9.17, 15) is 4.79 Å². The maximum atomic E-state index is 12.2. The number of carbonyl (C=O) groups is 1. The first-order chi connectivity index (χ1) is 8.08. The van der Waals surface area contributed by atoms with E-state index in [4.69, 9.17) is 11.6 Å². The van der Waals surface area contributed by atoms with Gasteiger partial charge in [0.2, 0.25) is 0 Å². The maximum Gasteiger partial charge on any atom is 0.196 e. The van der Waals surface area contributed by atoms with Crippen molar-refractivity contribution in [2.45, 2.75) is 0 Å². The van der Waals surface area contributed by atoms with Crippen molar-refractivity contribution in [2.24, 2.45) is 0 Å². The van der Waals surface area contributed by atoms with E-state index in [1.165, 1.54) is 6.20 Å². The van der Waals surface area contributed by atoms with Crippen LogP contribution in [-0.2, 0) is 0 Å². The van der Waals surface area contributed by atoms with E-state index >= 15 is 0 Å². The van der Waals surface area contributed by atoms with Gasteiger partial charge in [0.15, 0.2) is 5.78 Å². The standard InChI is InChI=1S/C12H6Br2ClNO/c13-8-2-3-10(15)9(5-8)12(17)7-1-4-11(14)16-6-7/h1-6H. The molecular weight excluding hydrogens is 369 g/mol. The van der Waals surface area contributed by atoms with E-state index in [0.717, 1.165) is 4.47 Å². The molecule has 0 radical (unpaired) electrons. The predicted octanol–water partition coefficient (Wildman–Crippen LogP) is 4.49. The molecule has 0 spiro atoms. The molecule has 5 heteroatoms. The van der Waals surface area contributed by atoms with Gasteiger partial charge in [0.05, 0.1) is 5.02 Å². The second-order valence-electron chi connectivity index (χ2n) is 3.32. The van der Waals surface area contributed by atoms with Crippen molar-refractivity contribution in [1.29, 1.82) is 0 Å². The minimum atomic E-state index is -0.142. The number of aromatic nitrogens is 1. The van der Waals surface area contributed by atoms with Crippen LogP contribution in [0.15, 0.2) is 45.6 Å². The van der Waals surface area contributed by atoms with E-state index in [1.807, 2.05) is 0 Å². The average Bonchev–Trinajstić information content (AvgIpc) is 2.32. The largest absolute Gasteiger partial charge is 0.288 e. The van der Waals surface area contributed by atoms with E-state index < -0.39 is 0 Å². The third-order valence-corrected chi connectivity index (χ3v) is 3.45. The number of pyridine rings is 1. The molecular formula is C12H6Br2ClNO. The molecule has 0 saturated heterocycles. The zero-order chi connectivity index (χ0) is 12.4. The van der Waals surface area contributed by atoms with Crippen LogP contribution in [0.5, 0.6) is 0 Å². The molecule has 0 aliphatic carbocycles. The number of nitrogens with zero attached hydrogens (tertiary/aromatic N) is 1. The molecule has 0 aliphatic rings. The van der Waals surface area contributed by atoms with E-state index in [1.54, 1.807) is 30.3 Å². The molecule has 0 atom stereocenters. The highest BCUT2D eigenvalue weighted by molar-refractivity contribution is 9.10. The molecule has 0 N–H and O–H groups in total. The van der Waals surface area contributed by atoms with Gasteiger partial charge in [-0.3, -0.25) is 4.79 Å². The summed E-state index contributed by atoms with van der Waals surface area (Å²) in [5, 5.41) is 0.432. The van der Waals surface area contributed by atoms with E-state index in [0.29, 0.717) is 20.8 Å². The maximum absolute atomic E-state index is 12.2. The van der Waals surface area contributed by atoms with Gasteiger partial charge in [-0.15, -0.1) is 0 Å². The zero-order valence-electron chi connectivity index (χ0n) is 8.45. The molecule has 86 valence electrons. The normalized spacial score (nSPS) is 10.3. The Kier molecular flexibility index (Phi) is 3.97. The minimum absolute atomic E-state index is 0.142. The number of ketones is 1. The minimum Gasteiger partial charge on any atom is -0.288 e. The fourth-order valence-corrected chi connectivity index (χ4v) is 2.14. The first-order valence-electron chi connectivity index (χ1n) is 4.69. The van der Waals surface area contributed by atoms with Crippen molar-refractivity contribution in [3.05, 3.63) is 61.8 Å². The highest BCUT2D eigenvalue weighted by atomic mass is 79.9. The average molecular weight is 375 g/mol. The van der Waals surface area contributed by atoms with Crippen LogP contribution < -0.4 is 0 Å². The molecule has 1 aromatic heterocycles. The Hall–Kier alpha value is -0.710. The number of carbonyl (C=O) groups excluding carboxylic acids is 1. The Balaban J connectivity index is 2.43. The van der Waals surface area contributed by atoms with Crippen molar-refractivity contribution in [1.82, 2.24) is 4.98 Å². The Morgan fingerprint density at radius 3 is 2.59 bits per heavy atom. The van der Waals surface area contributed by atoms with Crippen molar-refractivity contribution in [2.75, 3.05) is 0 Å². The second kappa shape index (κ2) is 5.29. The van der Waals surface area contributed by atoms with Crippen LogP contribution in [0, 0.1) is 0 Å². The van der Waals surface area contributed by atoms with Crippen LogP contribution in [0.1, 0.15) is 15.9 Å². The molecule has 0 bridgehead atoms. The highest BCUT2D eigenvalue weighted by Gasteiger charge is 2.13. The molecule has 2 rings (SSSR count). The summed E-state index contributed by atoms with van der Waals surface area (Å²) >= 11 is 12.5. The molecule has 0 unspecified atom stereocenters. The number of rotatable bonds is 2. The quantitative estimate of drug-likeness (QED) is 0.572. The highest BCUT2D eigenvalue weighted by Crippen LogP contribution is 2.23. The lowest BCUT2D eigenvalue weighted by Gasteiger charge is -2.04. The smallest absolute Gasteiger partial charge is 0.196 e. The summed E-state index contributed by atoms with van der Waals surface area (Å²) in [4.78, 5) is 16.2. The molecule has 17 heavy (non-hydrogen) atoms. The van der Waals surface area contributed by atoms with Crippen LogP contribution in [0.2, 0.25) is 5.02 Å². The summed E-state index contributed by atoms with van der Waals surface area (Å²) in [6.07, 6.45) is 1.52. The Bertz CT molecular complexity index is 569. The Morgan fingerprint density at radius 2 is 1.94 bits per heavy atom. The summed E-state index contributed by atoms with van der Waals surface area (Å²) in [5.74, 6) is -0.142. The summed E-state index contributed by atoms with van der Waals surface area (Å²) < 4.78 is 1.50. The monoisotopic (exact) mass is 373 g/mol. The van der Waals surface area contributed by atoms with Crippen LogP contribution in [0.3, 0.4) is 0 Å². The van der Waals surface area contributed by atoms with Gasteiger partial charge in [0.1, 0.15) is 4.60 Å². The summed E-state index contributed by atoms with van der Waals surface area (Å²) in [6, 6.07) is 8.60. The van der Waals surface area contributed by atoms with Gasteiger partial charge < -0.3 is 0 Å². The van der Waals surface area contributed by atoms with Crippen LogP contribution in [0.4, 0.5) is 0 Å². The topological polar surface area (TPSA) is 30.0 Å². The van der Waals surface area contributed by atoms with Gasteiger partial charge in [-0.05, 0) is 46.3 Å². The molecule has 0 aliphatic heterocycles. The fraction of sp³-hybridized carbons (Fsp3) is 0. The molecule has 1 heterocycles. The number of hydrogen-bond acceptors (Lipinski definition) is 2. The summed E-state index contributed by atoms with van der Waals surface area (Å²) in [5.41, 5.74) is 0.971. The predicted molar refractivity (Wildman–Crippen MR) is 74.5 cm³/mol. The molecule has 2 nitrogen and oxygen atoms in total. The first kappa shape index (κ1) is 12.7. The third-order valence-electron chi connectivity index (χ3n) is 2.16. The van der Waals surface area contributed by atoms with Crippen LogP contribution in [-0.4, -0.2) is 10.8 Å². The summed E-state index contributed by atoms with van der Waals surface area (Å²) in [7, 11) is 0. The van der Waals surface area contributed by atoms with Crippen LogP contribution >= 0.6 is 43.5 Å². The van der Waals surface area contributed by atoms with Gasteiger partial charge in [0.25, 0.3) is 0 Å². The molecule has 0 saturated carbocycles. The van der Waals surface area contributed by atoms with Crippen molar-refractivity contribution < 1.29 is 4.79 Å². The lowest BCUT2D eigenvalue weighted by atomic mass is 10.1. The Morgan fingerprint density at radius 1 is 1.18 bits per heavy atom. The van der Waals surface area contributed by atoms with Gasteiger partial charge in [-0.2, -0.15) is 0 Å². The molecule has 1 aromatic carbocycles. The zero-order valence-corrected chi connectivity index (χ0v) is 12.4. The van der Waals surface area contributed by atoms with Crippen molar-refractivity contribution in [3.8, 4) is 0 Å². The number of halogens is 3.